The van der Waals surface area contributed by atoms with Crippen LogP contribution in [-0.4, -0.2) is 63.6 Å². The summed E-state index contributed by atoms with van der Waals surface area (Å²) in [7, 11) is 0. The molecule has 3 heterocycles. The average molecular weight is 1140 g/mol. The standard InChI is InChI=1S/C75H69N5O6/c1-2-82-66(81)51-31-12-32-52-83-68-65(53-84-74(59-39-19-6-20-40-59,60-41-21-7-22-42-60)61-43-23-8-24-44-61)85-72(69(68)86-75(62-45-25-9-26-46-62,63-47-27-10-28-48-63)64-49-29-11-30-50-64)80-55-78-67-70(76-54-77-71(67)80)79-73(56-33-13-3-14-34-56,57-35-15-4-16-36-57)58-37-17-5-18-38-58/h3-11,13-30,33-50,54-55,65,68-69,72H,2,12,31-32,51-53H2,1H3,(H,76,77,79)/t65-,68-,69-,72-/m1/s1. The second-order valence-electron chi connectivity index (χ2n) is 21.5. The fraction of sp³-hybridized carbons (Fsp3) is 0.200. The number of rotatable bonds is 25. The number of anilines is 1. The summed E-state index contributed by atoms with van der Waals surface area (Å²) >= 11 is 0. The van der Waals surface area contributed by atoms with Gasteiger partial charge in [-0.1, -0.05) is 279 Å². The first-order valence-corrected chi connectivity index (χ1v) is 29.7. The number of carbonyl (C=O) groups excluding carboxylic acids is 1. The molecule has 4 atom stereocenters. The van der Waals surface area contributed by atoms with E-state index in [0.717, 1.165) is 56.5 Å². The van der Waals surface area contributed by atoms with Crippen LogP contribution in [0.5, 0.6) is 0 Å². The first-order valence-electron chi connectivity index (χ1n) is 29.7. The van der Waals surface area contributed by atoms with E-state index in [-0.39, 0.29) is 12.6 Å². The summed E-state index contributed by atoms with van der Waals surface area (Å²) in [6, 6.07) is 93.5. The van der Waals surface area contributed by atoms with Gasteiger partial charge in [-0.25, -0.2) is 15.0 Å². The lowest BCUT2D eigenvalue weighted by Gasteiger charge is -2.40. The first kappa shape index (κ1) is 57.1. The van der Waals surface area contributed by atoms with Crippen molar-refractivity contribution in [2.75, 3.05) is 25.1 Å². The van der Waals surface area contributed by atoms with Gasteiger partial charge < -0.3 is 29.0 Å². The molecular formula is C75H69N5O6. The SMILES string of the molecule is CCOC(=O)CCCCCO[C@H]1[C@@H](OC(c2ccccc2)(c2ccccc2)c2ccccc2)[C@H](n2cnc3c(NC(c4ccccc4)(c4ccccc4)c4ccccc4)ncnc32)O[C@@H]1COC(c1ccccc1)(c1ccccc1)c1ccccc1. The third kappa shape index (κ3) is 11.5. The molecule has 0 saturated carbocycles. The van der Waals surface area contributed by atoms with E-state index in [0.29, 0.717) is 49.5 Å². The Morgan fingerprint density at radius 1 is 0.488 bits per heavy atom. The summed E-state index contributed by atoms with van der Waals surface area (Å²) < 4.78 is 38.3. The predicted octanol–water partition coefficient (Wildman–Crippen LogP) is 15.0. The van der Waals surface area contributed by atoms with E-state index in [4.69, 9.17) is 38.6 Å². The van der Waals surface area contributed by atoms with Crippen molar-refractivity contribution in [3.05, 3.63) is 336 Å². The number of ether oxygens (including phenoxy) is 5. The van der Waals surface area contributed by atoms with E-state index in [2.05, 4.69) is 151 Å². The van der Waals surface area contributed by atoms with Crippen LogP contribution >= 0.6 is 0 Å². The number of carbonyl (C=O) groups is 1. The topological polar surface area (TPSA) is 119 Å². The Morgan fingerprint density at radius 3 is 1.31 bits per heavy atom. The van der Waals surface area contributed by atoms with Crippen molar-refractivity contribution in [2.24, 2.45) is 0 Å². The number of hydrogen-bond donors (Lipinski definition) is 1. The van der Waals surface area contributed by atoms with Gasteiger partial charge in [0.1, 0.15) is 41.4 Å². The molecule has 0 unspecified atom stereocenters. The molecule has 12 rings (SSSR count). The maximum atomic E-state index is 12.5. The molecule has 1 N–H and O–H groups in total. The van der Waals surface area contributed by atoms with Crippen molar-refractivity contribution >= 4 is 23.0 Å². The molecule has 11 heteroatoms. The molecule has 1 saturated heterocycles. The highest BCUT2D eigenvalue weighted by Crippen LogP contribution is 2.49. The monoisotopic (exact) mass is 1140 g/mol. The molecule has 0 aliphatic carbocycles. The molecule has 0 amide bonds. The van der Waals surface area contributed by atoms with E-state index < -0.39 is 41.3 Å². The molecule has 1 aliphatic heterocycles. The highest BCUT2D eigenvalue weighted by molar-refractivity contribution is 5.84. The van der Waals surface area contributed by atoms with Gasteiger partial charge in [-0.15, -0.1) is 0 Å². The van der Waals surface area contributed by atoms with Crippen molar-refractivity contribution in [1.82, 2.24) is 19.5 Å². The maximum absolute atomic E-state index is 12.5. The van der Waals surface area contributed by atoms with E-state index in [1.807, 2.05) is 139 Å². The Hall–Kier alpha value is -9.36. The molecule has 1 aliphatic rings. The number of imidazole rings is 1. The molecule has 0 bridgehead atoms. The van der Waals surface area contributed by atoms with Crippen LogP contribution in [0.1, 0.15) is 88.9 Å². The second-order valence-corrected chi connectivity index (χ2v) is 21.5. The highest BCUT2D eigenvalue weighted by atomic mass is 16.6. The highest BCUT2D eigenvalue weighted by Gasteiger charge is 2.54. The van der Waals surface area contributed by atoms with E-state index in [1.54, 1.807) is 12.7 Å². The molecule has 11 aromatic rings. The van der Waals surface area contributed by atoms with Crippen molar-refractivity contribution in [1.29, 1.82) is 0 Å². The summed E-state index contributed by atoms with van der Waals surface area (Å²) in [6.07, 6.45) is 2.39. The summed E-state index contributed by atoms with van der Waals surface area (Å²) in [5.74, 6) is 0.311. The van der Waals surface area contributed by atoms with Crippen molar-refractivity contribution < 1.29 is 28.5 Å². The van der Waals surface area contributed by atoms with Crippen molar-refractivity contribution in [3.8, 4) is 0 Å². The minimum absolute atomic E-state index is 0.0553. The maximum Gasteiger partial charge on any atom is 0.305 e. The van der Waals surface area contributed by atoms with Gasteiger partial charge in [0.15, 0.2) is 23.2 Å². The number of hydrogen-bond acceptors (Lipinski definition) is 10. The largest absolute Gasteiger partial charge is 0.466 e. The van der Waals surface area contributed by atoms with Crippen LogP contribution < -0.4 is 5.32 Å². The lowest BCUT2D eigenvalue weighted by atomic mass is 9.77. The van der Waals surface area contributed by atoms with Crippen LogP contribution in [0, 0.1) is 0 Å². The van der Waals surface area contributed by atoms with Gasteiger partial charge in [-0.3, -0.25) is 9.36 Å². The zero-order chi connectivity index (χ0) is 58.4. The molecular weight excluding hydrogens is 1070 g/mol. The fourth-order valence-corrected chi connectivity index (χ4v) is 12.4. The lowest BCUT2D eigenvalue weighted by molar-refractivity contribution is -0.143. The second kappa shape index (κ2) is 26.7. The molecule has 1 fully saturated rings. The minimum atomic E-state index is -1.23. The van der Waals surface area contributed by atoms with Crippen LogP contribution in [-0.2, 0) is 45.2 Å². The summed E-state index contributed by atoms with van der Waals surface area (Å²) in [5.41, 5.74) is 6.40. The van der Waals surface area contributed by atoms with Crippen LogP contribution in [0.2, 0.25) is 0 Å². The van der Waals surface area contributed by atoms with E-state index in [1.165, 1.54) is 0 Å². The molecule has 11 nitrogen and oxygen atoms in total. The van der Waals surface area contributed by atoms with Gasteiger partial charge in [-0.2, -0.15) is 0 Å². The molecule has 2 aromatic heterocycles. The Labute approximate surface area is 503 Å². The first-order chi connectivity index (χ1) is 42.5. The molecule has 0 spiro atoms. The number of nitrogens with one attached hydrogen (secondary N) is 1. The Morgan fingerprint density at radius 2 is 0.895 bits per heavy atom. The van der Waals surface area contributed by atoms with Crippen LogP contribution in [0.25, 0.3) is 11.2 Å². The number of aromatic nitrogens is 4. The fourth-order valence-electron chi connectivity index (χ4n) is 12.4. The molecule has 86 heavy (non-hydrogen) atoms. The summed E-state index contributed by atoms with van der Waals surface area (Å²) in [4.78, 5) is 27.9. The quantitative estimate of drug-likeness (QED) is 0.0337. The van der Waals surface area contributed by atoms with Gasteiger partial charge in [0.2, 0.25) is 0 Å². The molecule has 430 valence electrons. The summed E-state index contributed by atoms with van der Waals surface area (Å²) in [5, 5.41) is 3.99. The number of esters is 1. The molecule has 9 aromatic carbocycles. The number of unbranched alkanes of at least 4 members (excludes halogenated alkanes) is 2. The van der Waals surface area contributed by atoms with Gasteiger partial charge in [0, 0.05) is 13.0 Å². The zero-order valence-corrected chi connectivity index (χ0v) is 48.1. The van der Waals surface area contributed by atoms with E-state index >= 15 is 0 Å². The Kier molecular flexibility index (Phi) is 17.7. The van der Waals surface area contributed by atoms with Gasteiger partial charge in [0.05, 0.1) is 19.5 Å². The third-order valence-corrected chi connectivity index (χ3v) is 16.3. The normalized spacial score (nSPS) is 16.2. The number of benzene rings is 9. The van der Waals surface area contributed by atoms with Crippen molar-refractivity contribution in [2.45, 2.75) is 73.9 Å². The number of nitrogens with zero attached hydrogens (tertiary/aromatic N) is 4. The minimum Gasteiger partial charge on any atom is -0.466 e. The Balaban J connectivity index is 1.04. The third-order valence-electron chi connectivity index (χ3n) is 16.3. The van der Waals surface area contributed by atoms with Gasteiger partial charge in [0.25, 0.3) is 0 Å². The number of fused-ring (bicyclic) bond motifs is 1. The van der Waals surface area contributed by atoms with Crippen molar-refractivity contribution in [3.63, 3.8) is 0 Å². The lowest BCUT2D eigenvalue weighted by Crippen LogP contribution is -2.46. The van der Waals surface area contributed by atoms with E-state index in [9.17, 15) is 4.79 Å². The van der Waals surface area contributed by atoms with Crippen LogP contribution in [0.4, 0.5) is 5.82 Å². The smallest absolute Gasteiger partial charge is 0.305 e. The van der Waals surface area contributed by atoms with Gasteiger partial charge >= 0.3 is 5.97 Å². The van der Waals surface area contributed by atoms with Gasteiger partial charge in [-0.05, 0) is 69.8 Å². The molecule has 0 radical (unpaired) electrons. The van der Waals surface area contributed by atoms with Crippen LogP contribution in [0.15, 0.2) is 286 Å². The summed E-state index contributed by atoms with van der Waals surface area (Å²) in [6.45, 7) is 2.56. The average Bonchev–Trinajstić information content (AvgIpc) is 2.27. The van der Waals surface area contributed by atoms with Crippen LogP contribution in [0.3, 0.4) is 0 Å². The Bertz CT molecular complexity index is 3580. The zero-order valence-electron chi connectivity index (χ0n) is 48.1. The predicted molar refractivity (Wildman–Crippen MR) is 336 cm³/mol.